The molecule has 21 heavy (non-hydrogen) atoms. The van der Waals surface area contributed by atoms with Crippen LogP contribution in [0.5, 0.6) is 0 Å². The lowest BCUT2D eigenvalue weighted by atomic mass is 10.0. The fraction of sp³-hybridized carbons (Fsp3) is 0.500. The maximum atomic E-state index is 13.1. The van der Waals surface area contributed by atoms with Crippen LogP contribution in [-0.4, -0.2) is 48.3 Å². The number of hydrogen-bond acceptors (Lipinski definition) is 3. The van der Waals surface area contributed by atoms with Crippen molar-refractivity contribution in [1.29, 1.82) is 0 Å². The Hall–Kier alpha value is -1.11. The molecule has 0 N–H and O–H groups in total. The maximum absolute atomic E-state index is 13.1. The number of rotatable bonds is 3. The molecule has 0 aliphatic carbocycles. The molecule has 1 saturated heterocycles. The molecule has 1 aromatic rings. The van der Waals surface area contributed by atoms with Crippen LogP contribution in [0, 0.1) is 0 Å². The van der Waals surface area contributed by atoms with Gasteiger partial charge in [0.1, 0.15) is 0 Å². The fourth-order valence-electron chi connectivity index (χ4n) is 2.35. The highest BCUT2D eigenvalue weighted by Gasteiger charge is 2.34. The quantitative estimate of drug-likeness (QED) is 0.800. The third-order valence-electron chi connectivity index (χ3n) is 3.63. The first-order valence-electron chi connectivity index (χ1n) is 6.58. The van der Waals surface area contributed by atoms with Gasteiger partial charge in [0.05, 0.1) is 5.56 Å². The average molecular weight is 321 g/mol. The van der Waals surface area contributed by atoms with E-state index in [-0.39, 0.29) is 17.7 Å². The van der Waals surface area contributed by atoms with Crippen LogP contribution in [0.2, 0.25) is 0 Å². The second-order valence-corrected chi connectivity index (χ2v) is 5.57. The number of likely N-dealkylation sites (N-methyl/N-ethyl adjacent to an activating group) is 1. The Labute approximate surface area is 126 Å². The Balaban J connectivity index is 2.24. The number of halogens is 4. The summed E-state index contributed by atoms with van der Waals surface area (Å²) in [4.78, 5) is 15.2. The smallest absolute Gasteiger partial charge is 0.304 e. The Morgan fingerprint density at radius 1 is 1.24 bits per heavy atom. The molecule has 1 aliphatic heterocycles. The predicted molar refractivity (Wildman–Crippen MR) is 74.4 cm³/mol. The minimum atomic E-state index is -4.50. The predicted octanol–water partition coefficient (Wildman–Crippen LogP) is 2.83. The van der Waals surface area contributed by atoms with E-state index in [4.69, 9.17) is 11.6 Å². The van der Waals surface area contributed by atoms with Crippen molar-refractivity contribution < 1.29 is 18.0 Å². The standard InChI is InChI=1S/C14H16ClF3N2O/c1-19-4-6-20(7-5-19)9-11-3-2-10(13(15)21)8-12(11)14(16,17)18/h2-3,8H,4-7,9H2,1H3. The van der Waals surface area contributed by atoms with E-state index in [0.29, 0.717) is 0 Å². The summed E-state index contributed by atoms with van der Waals surface area (Å²) in [5.41, 5.74) is -0.743. The van der Waals surface area contributed by atoms with Crippen LogP contribution >= 0.6 is 11.6 Å². The number of benzene rings is 1. The molecule has 0 radical (unpaired) electrons. The van der Waals surface area contributed by atoms with Crippen molar-refractivity contribution in [2.24, 2.45) is 0 Å². The van der Waals surface area contributed by atoms with Crippen molar-refractivity contribution >= 4 is 16.8 Å². The van der Waals surface area contributed by atoms with Gasteiger partial charge in [-0.05, 0) is 36.3 Å². The van der Waals surface area contributed by atoms with Gasteiger partial charge in [-0.3, -0.25) is 9.69 Å². The molecule has 1 heterocycles. The highest BCUT2D eigenvalue weighted by atomic mass is 35.5. The summed E-state index contributed by atoms with van der Waals surface area (Å²) >= 11 is 5.26. The topological polar surface area (TPSA) is 23.6 Å². The Morgan fingerprint density at radius 3 is 2.38 bits per heavy atom. The van der Waals surface area contributed by atoms with Gasteiger partial charge in [-0.2, -0.15) is 13.2 Å². The molecule has 0 atom stereocenters. The van der Waals surface area contributed by atoms with Crippen molar-refractivity contribution in [1.82, 2.24) is 9.80 Å². The molecule has 7 heteroatoms. The minimum Gasteiger partial charge on any atom is -0.304 e. The van der Waals surface area contributed by atoms with Gasteiger partial charge in [0.25, 0.3) is 5.24 Å². The van der Waals surface area contributed by atoms with Crippen LogP contribution in [0.25, 0.3) is 0 Å². The van der Waals surface area contributed by atoms with Crippen molar-refractivity contribution in [2.45, 2.75) is 12.7 Å². The zero-order valence-corrected chi connectivity index (χ0v) is 12.3. The van der Waals surface area contributed by atoms with E-state index in [0.717, 1.165) is 32.2 Å². The van der Waals surface area contributed by atoms with Gasteiger partial charge >= 0.3 is 6.18 Å². The lowest BCUT2D eigenvalue weighted by Crippen LogP contribution is -2.44. The molecule has 1 fully saturated rings. The van der Waals surface area contributed by atoms with Crippen molar-refractivity contribution in [2.75, 3.05) is 33.2 Å². The Bertz CT molecular complexity index is 525. The van der Waals surface area contributed by atoms with Gasteiger partial charge in [0, 0.05) is 38.3 Å². The summed E-state index contributed by atoms with van der Waals surface area (Å²) in [6.45, 7) is 3.34. The lowest BCUT2D eigenvalue weighted by molar-refractivity contribution is -0.138. The zero-order chi connectivity index (χ0) is 15.6. The van der Waals surface area contributed by atoms with Crippen LogP contribution in [0.4, 0.5) is 13.2 Å². The van der Waals surface area contributed by atoms with Crippen molar-refractivity contribution in [3.63, 3.8) is 0 Å². The van der Waals surface area contributed by atoms with E-state index in [1.54, 1.807) is 0 Å². The molecule has 0 bridgehead atoms. The monoisotopic (exact) mass is 320 g/mol. The van der Waals surface area contributed by atoms with Crippen molar-refractivity contribution in [3.05, 3.63) is 34.9 Å². The molecule has 0 saturated carbocycles. The number of piperazine rings is 1. The van der Waals surface area contributed by atoms with E-state index in [1.807, 2.05) is 11.9 Å². The van der Waals surface area contributed by atoms with E-state index in [9.17, 15) is 18.0 Å². The van der Waals surface area contributed by atoms with E-state index in [1.165, 1.54) is 12.1 Å². The second-order valence-electron chi connectivity index (χ2n) is 5.22. The third-order valence-corrected chi connectivity index (χ3v) is 3.85. The molecule has 0 aromatic heterocycles. The van der Waals surface area contributed by atoms with Crippen molar-refractivity contribution in [3.8, 4) is 0 Å². The SMILES string of the molecule is CN1CCN(Cc2ccc(C(=O)Cl)cc2C(F)(F)F)CC1. The van der Waals surface area contributed by atoms with Crippen LogP contribution in [0.1, 0.15) is 21.5 Å². The molecule has 1 aliphatic rings. The summed E-state index contributed by atoms with van der Waals surface area (Å²) in [5.74, 6) is 0. The molecule has 116 valence electrons. The normalized spacial score (nSPS) is 18.0. The van der Waals surface area contributed by atoms with Gasteiger partial charge in [0.15, 0.2) is 0 Å². The van der Waals surface area contributed by atoms with Gasteiger partial charge < -0.3 is 4.90 Å². The number of alkyl halides is 3. The lowest BCUT2D eigenvalue weighted by Gasteiger charge is -2.32. The second kappa shape index (κ2) is 6.34. The van der Waals surface area contributed by atoms with Crippen LogP contribution in [-0.2, 0) is 12.7 Å². The minimum absolute atomic E-state index is 0.133. The molecular formula is C14H16ClF3N2O. The van der Waals surface area contributed by atoms with Gasteiger partial charge in [0.2, 0.25) is 0 Å². The van der Waals surface area contributed by atoms with Gasteiger partial charge in [-0.1, -0.05) is 6.07 Å². The van der Waals surface area contributed by atoms with E-state index in [2.05, 4.69) is 4.90 Å². The molecule has 0 unspecified atom stereocenters. The fourth-order valence-corrected chi connectivity index (χ4v) is 2.46. The summed E-state index contributed by atoms with van der Waals surface area (Å²) in [7, 11) is 1.99. The Morgan fingerprint density at radius 2 is 1.86 bits per heavy atom. The van der Waals surface area contributed by atoms with Crippen LogP contribution in [0.15, 0.2) is 18.2 Å². The molecule has 0 amide bonds. The highest BCUT2D eigenvalue weighted by Crippen LogP contribution is 2.33. The number of hydrogen-bond donors (Lipinski definition) is 0. The van der Waals surface area contributed by atoms with E-state index >= 15 is 0 Å². The molecule has 3 nitrogen and oxygen atoms in total. The Kier molecular flexibility index (Phi) is 4.91. The number of nitrogens with zero attached hydrogens (tertiary/aromatic N) is 2. The average Bonchev–Trinajstić information content (AvgIpc) is 2.40. The number of carbonyl (C=O) groups excluding carboxylic acids is 1. The third kappa shape index (κ3) is 4.18. The van der Waals surface area contributed by atoms with Crippen LogP contribution in [0.3, 0.4) is 0 Å². The van der Waals surface area contributed by atoms with Crippen LogP contribution < -0.4 is 0 Å². The highest BCUT2D eigenvalue weighted by molar-refractivity contribution is 6.67. The molecule has 2 rings (SSSR count). The number of carbonyl (C=O) groups is 1. The summed E-state index contributed by atoms with van der Waals surface area (Å²) in [5, 5.41) is -0.883. The molecule has 1 aromatic carbocycles. The molecular weight excluding hydrogens is 305 g/mol. The first-order chi connectivity index (χ1) is 9.77. The summed E-state index contributed by atoms with van der Waals surface area (Å²) in [6.07, 6.45) is -4.50. The first kappa shape index (κ1) is 16.3. The maximum Gasteiger partial charge on any atom is 0.416 e. The molecule has 0 spiro atoms. The largest absolute Gasteiger partial charge is 0.416 e. The summed E-state index contributed by atoms with van der Waals surface area (Å²) < 4.78 is 39.4. The summed E-state index contributed by atoms with van der Waals surface area (Å²) in [6, 6.07) is 3.52. The zero-order valence-electron chi connectivity index (χ0n) is 11.6. The first-order valence-corrected chi connectivity index (χ1v) is 6.96. The van der Waals surface area contributed by atoms with E-state index < -0.39 is 17.0 Å². The van der Waals surface area contributed by atoms with Gasteiger partial charge in [-0.15, -0.1) is 0 Å². The van der Waals surface area contributed by atoms with Gasteiger partial charge in [-0.25, -0.2) is 0 Å².